The molecule has 0 unspecified atom stereocenters. The lowest BCUT2D eigenvalue weighted by Gasteiger charge is -2.36. The summed E-state index contributed by atoms with van der Waals surface area (Å²) in [5.74, 6) is 1.22. The van der Waals surface area contributed by atoms with Crippen LogP contribution in [0.4, 0.5) is 0 Å². The number of carbonyl (C=O) groups excluding carboxylic acids is 2. The predicted octanol–water partition coefficient (Wildman–Crippen LogP) is 3.73. The quantitative estimate of drug-likeness (QED) is 0.720. The third kappa shape index (κ3) is 4.42. The number of nitrogens with zero attached hydrogens (tertiary/aromatic N) is 2. The minimum atomic E-state index is 0.0511. The zero-order valence-electron chi connectivity index (χ0n) is 16.2. The van der Waals surface area contributed by atoms with Crippen molar-refractivity contribution >= 4 is 17.9 Å². The van der Waals surface area contributed by atoms with Gasteiger partial charge in [-0.25, -0.2) is 0 Å². The van der Waals surface area contributed by atoms with Crippen LogP contribution in [0.3, 0.4) is 0 Å². The Morgan fingerprint density at radius 1 is 1.04 bits per heavy atom. The highest BCUT2D eigenvalue weighted by Gasteiger charge is 2.43. The highest BCUT2D eigenvalue weighted by Crippen LogP contribution is 2.41. The molecule has 0 N–H and O–H groups in total. The van der Waals surface area contributed by atoms with Crippen LogP contribution in [0.25, 0.3) is 6.08 Å². The van der Waals surface area contributed by atoms with Crippen molar-refractivity contribution in [2.45, 2.75) is 57.5 Å². The number of carbonyl (C=O) groups is 2. The molecule has 4 rings (SSSR count). The molecule has 4 heteroatoms. The Labute approximate surface area is 162 Å². The zero-order valence-corrected chi connectivity index (χ0v) is 16.2. The van der Waals surface area contributed by atoms with Crippen molar-refractivity contribution in [1.82, 2.24) is 9.80 Å². The lowest BCUT2D eigenvalue weighted by atomic mass is 9.94. The van der Waals surface area contributed by atoms with Crippen molar-refractivity contribution in [3.05, 3.63) is 42.0 Å². The molecular weight excluding hydrogens is 336 g/mol. The number of benzene rings is 1. The lowest BCUT2D eigenvalue weighted by Crippen LogP contribution is -2.48. The molecule has 0 spiro atoms. The van der Waals surface area contributed by atoms with Crippen molar-refractivity contribution in [1.29, 1.82) is 0 Å². The molecule has 2 aliphatic carbocycles. The van der Waals surface area contributed by atoms with E-state index in [4.69, 9.17) is 0 Å². The van der Waals surface area contributed by atoms with Gasteiger partial charge >= 0.3 is 0 Å². The first-order valence-corrected chi connectivity index (χ1v) is 10.5. The van der Waals surface area contributed by atoms with E-state index in [0.717, 1.165) is 24.3 Å². The summed E-state index contributed by atoms with van der Waals surface area (Å²) in [6.45, 7) is 3.61. The predicted molar refractivity (Wildman–Crippen MR) is 107 cm³/mol. The molecule has 0 radical (unpaired) electrons. The molecule has 27 heavy (non-hydrogen) atoms. The van der Waals surface area contributed by atoms with Gasteiger partial charge in [0.05, 0.1) is 0 Å². The first-order valence-electron chi connectivity index (χ1n) is 10.5. The number of hydrogen-bond donors (Lipinski definition) is 0. The summed E-state index contributed by atoms with van der Waals surface area (Å²) in [6, 6.07) is 10.8. The van der Waals surface area contributed by atoms with Crippen LogP contribution in [-0.4, -0.2) is 46.8 Å². The fourth-order valence-electron chi connectivity index (χ4n) is 4.27. The van der Waals surface area contributed by atoms with Crippen LogP contribution in [-0.2, 0) is 9.59 Å². The van der Waals surface area contributed by atoms with E-state index in [1.54, 1.807) is 6.08 Å². The van der Waals surface area contributed by atoms with Crippen molar-refractivity contribution < 1.29 is 9.59 Å². The average molecular weight is 367 g/mol. The standard InChI is InChI=1S/C23H30N2O2/c1-17(19-8-9-19)25(21-10-11-21)23(27)20-13-15-24(16-14-20)22(26)12-7-18-5-3-2-4-6-18/h2-7,12,17,19-21H,8-11,13-16H2,1H3/b12-7-/t17-/m0/s1. The second kappa shape index (κ2) is 7.87. The van der Waals surface area contributed by atoms with Gasteiger partial charge in [-0.3, -0.25) is 9.59 Å². The van der Waals surface area contributed by atoms with Gasteiger partial charge in [0, 0.05) is 37.2 Å². The topological polar surface area (TPSA) is 40.6 Å². The Bertz CT molecular complexity index is 698. The fraction of sp³-hybridized carbons (Fsp3) is 0.565. The molecule has 1 aliphatic heterocycles. The van der Waals surface area contributed by atoms with Crippen LogP contribution in [0.15, 0.2) is 36.4 Å². The van der Waals surface area contributed by atoms with E-state index in [2.05, 4.69) is 11.8 Å². The Morgan fingerprint density at radius 2 is 1.70 bits per heavy atom. The van der Waals surface area contributed by atoms with Crippen molar-refractivity contribution in [2.75, 3.05) is 13.1 Å². The van der Waals surface area contributed by atoms with E-state index >= 15 is 0 Å². The Hall–Kier alpha value is -2.10. The second-order valence-corrected chi connectivity index (χ2v) is 8.40. The summed E-state index contributed by atoms with van der Waals surface area (Å²) < 4.78 is 0. The van der Waals surface area contributed by atoms with Gasteiger partial charge in [0.25, 0.3) is 0 Å². The second-order valence-electron chi connectivity index (χ2n) is 8.40. The summed E-state index contributed by atoms with van der Waals surface area (Å²) in [4.78, 5) is 29.7. The van der Waals surface area contributed by atoms with E-state index in [1.807, 2.05) is 41.3 Å². The number of rotatable bonds is 6. The molecule has 4 nitrogen and oxygen atoms in total. The van der Waals surface area contributed by atoms with Crippen LogP contribution < -0.4 is 0 Å². The molecule has 0 bridgehead atoms. The van der Waals surface area contributed by atoms with Gasteiger partial charge < -0.3 is 9.80 Å². The Kier molecular flexibility index (Phi) is 5.33. The van der Waals surface area contributed by atoms with Gasteiger partial charge in [0.15, 0.2) is 0 Å². The maximum atomic E-state index is 13.1. The third-order valence-electron chi connectivity index (χ3n) is 6.31. The summed E-state index contributed by atoms with van der Waals surface area (Å²) in [5.41, 5.74) is 1.03. The van der Waals surface area contributed by atoms with E-state index in [-0.39, 0.29) is 11.8 Å². The molecule has 144 valence electrons. The van der Waals surface area contributed by atoms with Crippen molar-refractivity contribution in [3.63, 3.8) is 0 Å². The monoisotopic (exact) mass is 366 g/mol. The SMILES string of the molecule is C[C@@H](C1CC1)N(C(=O)C1CCN(C(=O)/C=C\c2ccccc2)CC1)C1CC1. The Morgan fingerprint density at radius 3 is 2.30 bits per heavy atom. The smallest absolute Gasteiger partial charge is 0.246 e. The van der Waals surface area contributed by atoms with Gasteiger partial charge in [0.2, 0.25) is 11.8 Å². The highest BCUT2D eigenvalue weighted by molar-refractivity contribution is 5.92. The summed E-state index contributed by atoms with van der Waals surface area (Å²) in [5, 5.41) is 0. The maximum Gasteiger partial charge on any atom is 0.246 e. The number of amides is 2. The summed E-state index contributed by atoms with van der Waals surface area (Å²) in [6.07, 6.45) is 10.0. The Balaban J connectivity index is 1.31. The van der Waals surface area contributed by atoms with Crippen molar-refractivity contribution in [3.8, 4) is 0 Å². The van der Waals surface area contributed by atoms with Crippen LogP contribution in [0.5, 0.6) is 0 Å². The molecule has 0 aromatic heterocycles. The molecule has 1 atom stereocenters. The highest BCUT2D eigenvalue weighted by atomic mass is 16.2. The first-order chi connectivity index (χ1) is 13.1. The minimum Gasteiger partial charge on any atom is -0.339 e. The normalized spacial score (nSPS) is 22.0. The van der Waals surface area contributed by atoms with E-state index in [0.29, 0.717) is 31.1 Å². The van der Waals surface area contributed by atoms with Gasteiger partial charge in [-0.2, -0.15) is 0 Å². The number of piperidine rings is 1. The number of likely N-dealkylation sites (tertiary alicyclic amines) is 1. The first kappa shape index (κ1) is 18.3. The van der Waals surface area contributed by atoms with Crippen LogP contribution in [0, 0.1) is 11.8 Å². The molecular formula is C23H30N2O2. The van der Waals surface area contributed by atoms with Gasteiger partial charge in [-0.1, -0.05) is 30.3 Å². The van der Waals surface area contributed by atoms with Gasteiger partial charge in [0.1, 0.15) is 0 Å². The minimum absolute atomic E-state index is 0.0511. The fourth-order valence-corrected chi connectivity index (χ4v) is 4.27. The van der Waals surface area contributed by atoms with Crippen LogP contribution in [0.2, 0.25) is 0 Å². The lowest BCUT2D eigenvalue weighted by molar-refractivity contribution is -0.142. The van der Waals surface area contributed by atoms with Crippen molar-refractivity contribution in [2.24, 2.45) is 11.8 Å². The van der Waals surface area contributed by atoms with Crippen LogP contribution in [0.1, 0.15) is 51.0 Å². The largest absolute Gasteiger partial charge is 0.339 e. The molecule has 3 aliphatic rings. The van der Waals surface area contributed by atoms with E-state index in [1.165, 1.54) is 25.7 Å². The molecule has 2 amide bonds. The van der Waals surface area contributed by atoms with E-state index < -0.39 is 0 Å². The number of hydrogen-bond acceptors (Lipinski definition) is 2. The summed E-state index contributed by atoms with van der Waals surface area (Å²) >= 11 is 0. The van der Waals surface area contributed by atoms with Gasteiger partial charge in [-0.05, 0) is 63.0 Å². The molecule has 3 fully saturated rings. The maximum absolute atomic E-state index is 13.1. The zero-order chi connectivity index (χ0) is 18.8. The third-order valence-corrected chi connectivity index (χ3v) is 6.31. The molecule has 1 saturated heterocycles. The summed E-state index contributed by atoms with van der Waals surface area (Å²) in [7, 11) is 0. The van der Waals surface area contributed by atoms with Gasteiger partial charge in [-0.15, -0.1) is 0 Å². The molecule has 2 saturated carbocycles. The average Bonchev–Trinajstić information content (AvgIpc) is 3.60. The molecule has 1 aromatic rings. The molecule has 1 heterocycles. The van der Waals surface area contributed by atoms with E-state index in [9.17, 15) is 9.59 Å². The van der Waals surface area contributed by atoms with Crippen LogP contribution >= 0.6 is 0 Å². The molecule has 1 aromatic carbocycles.